The van der Waals surface area contributed by atoms with E-state index in [4.69, 9.17) is 16.3 Å². The Morgan fingerprint density at radius 2 is 1.76 bits per heavy atom. The molecule has 0 fully saturated rings. The lowest BCUT2D eigenvalue weighted by Crippen LogP contribution is -2.49. The molecule has 1 unspecified atom stereocenters. The highest BCUT2D eigenvalue weighted by atomic mass is 35.5. The Hall–Kier alpha value is -3.96. The lowest BCUT2D eigenvalue weighted by atomic mass is 10.0. The lowest BCUT2D eigenvalue weighted by Gasteiger charge is -2.25. The molecule has 9 heteroatoms. The van der Waals surface area contributed by atoms with Crippen LogP contribution >= 0.6 is 11.6 Å². The number of rotatable bonds is 6. The van der Waals surface area contributed by atoms with Crippen molar-refractivity contribution in [2.45, 2.75) is 12.5 Å². The van der Waals surface area contributed by atoms with Crippen LogP contribution in [0.25, 0.3) is 0 Å². The molecule has 0 bridgehead atoms. The van der Waals surface area contributed by atoms with Gasteiger partial charge < -0.3 is 15.0 Å². The molecule has 0 heterocycles. The summed E-state index contributed by atoms with van der Waals surface area (Å²) in [6.45, 7) is 0. The molecule has 3 rings (SSSR count). The second kappa shape index (κ2) is 10.6. The Kier molecular flexibility index (Phi) is 7.59. The lowest BCUT2D eigenvalue weighted by molar-refractivity contribution is -0.120. The van der Waals surface area contributed by atoms with Gasteiger partial charge in [0.05, 0.1) is 10.6 Å². The highest BCUT2D eigenvalue weighted by Gasteiger charge is 2.27. The number of hydrogen-bond donors (Lipinski definition) is 1. The Balaban J connectivity index is 1.86. The molecule has 3 aromatic carbocycles. The van der Waals surface area contributed by atoms with Crippen molar-refractivity contribution >= 4 is 29.3 Å². The minimum absolute atomic E-state index is 0.160. The number of carbonyl (C=O) groups excluding carboxylic acids is 2. The zero-order valence-corrected chi connectivity index (χ0v) is 18.1. The number of carbonyl (C=O) groups is 2. The number of hydrogen-bond acceptors (Lipinski definition) is 4. The fourth-order valence-electron chi connectivity index (χ4n) is 3.10. The molecule has 0 aliphatic carbocycles. The summed E-state index contributed by atoms with van der Waals surface area (Å²) in [4.78, 5) is 26.9. The maximum Gasteiger partial charge on any atom is 0.413 e. The molecule has 0 saturated heterocycles. The summed E-state index contributed by atoms with van der Waals surface area (Å²) in [5.41, 5.74) is 0.664. The smallest absolute Gasteiger partial charge is 0.410 e. The molecular formula is C24H18ClF2N3O3. The maximum absolute atomic E-state index is 13.7. The van der Waals surface area contributed by atoms with Crippen molar-refractivity contribution in [3.05, 3.63) is 94.5 Å². The van der Waals surface area contributed by atoms with E-state index in [-0.39, 0.29) is 28.3 Å². The highest BCUT2D eigenvalue weighted by molar-refractivity contribution is 6.31. The quantitative estimate of drug-likeness (QED) is 0.559. The summed E-state index contributed by atoms with van der Waals surface area (Å²) < 4.78 is 32.6. The van der Waals surface area contributed by atoms with Crippen LogP contribution in [-0.4, -0.2) is 25.1 Å². The molecule has 0 aliphatic heterocycles. The summed E-state index contributed by atoms with van der Waals surface area (Å²) in [5, 5.41) is 11.9. The molecule has 0 aliphatic rings. The number of nitrogens with zero attached hydrogens (tertiary/aromatic N) is 2. The molecule has 3 aromatic rings. The van der Waals surface area contributed by atoms with Gasteiger partial charge in [-0.3, -0.25) is 4.79 Å². The van der Waals surface area contributed by atoms with Gasteiger partial charge in [-0.15, -0.1) is 0 Å². The van der Waals surface area contributed by atoms with Crippen molar-refractivity contribution in [3.63, 3.8) is 0 Å². The summed E-state index contributed by atoms with van der Waals surface area (Å²) in [6.07, 6.45) is -1.13. The van der Waals surface area contributed by atoms with Gasteiger partial charge in [-0.25, -0.2) is 13.6 Å². The first-order chi connectivity index (χ1) is 15.8. The van der Waals surface area contributed by atoms with Crippen molar-refractivity contribution in [2.75, 3.05) is 11.9 Å². The van der Waals surface area contributed by atoms with Gasteiger partial charge in [0.15, 0.2) is 0 Å². The molecule has 6 nitrogen and oxygen atoms in total. The molecule has 0 saturated carbocycles. The number of anilines is 1. The van der Waals surface area contributed by atoms with E-state index in [2.05, 4.69) is 5.32 Å². The number of halogens is 3. The molecule has 0 aromatic heterocycles. The third kappa shape index (κ3) is 6.28. The van der Waals surface area contributed by atoms with Crippen molar-refractivity contribution in [1.82, 2.24) is 5.32 Å². The third-order valence-corrected chi connectivity index (χ3v) is 5.02. The van der Waals surface area contributed by atoms with Gasteiger partial charge in [0.25, 0.3) is 0 Å². The van der Waals surface area contributed by atoms with Crippen LogP contribution in [0.15, 0.2) is 66.7 Å². The zero-order chi connectivity index (χ0) is 24.0. The van der Waals surface area contributed by atoms with Crippen LogP contribution in [0.2, 0.25) is 5.02 Å². The summed E-state index contributed by atoms with van der Waals surface area (Å²) >= 11 is 5.96. The van der Waals surface area contributed by atoms with Crippen LogP contribution < -0.4 is 15.0 Å². The number of nitrogens with one attached hydrogen (secondary N) is 1. The number of para-hydroxylation sites is 1. The summed E-state index contributed by atoms with van der Waals surface area (Å²) in [7, 11) is 1.44. The number of benzene rings is 3. The van der Waals surface area contributed by atoms with Crippen LogP contribution in [0.5, 0.6) is 5.75 Å². The molecule has 33 heavy (non-hydrogen) atoms. The topological polar surface area (TPSA) is 82.4 Å². The Morgan fingerprint density at radius 3 is 2.39 bits per heavy atom. The average molecular weight is 470 g/mol. The fourth-order valence-corrected chi connectivity index (χ4v) is 3.26. The third-order valence-electron chi connectivity index (χ3n) is 4.69. The van der Waals surface area contributed by atoms with E-state index in [0.717, 1.165) is 12.1 Å². The molecule has 1 N–H and O–H groups in total. The van der Waals surface area contributed by atoms with E-state index in [1.165, 1.54) is 30.1 Å². The number of ether oxygens (including phenoxy) is 1. The van der Waals surface area contributed by atoms with Crippen molar-refractivity contribution < 1.29 is 23.1 Å². The van der Waals surface area contributed by atoms with E-state index in [1.54, 1.807) is 30.3 Å². The van der Waals surface area contributed by atoms with E-state index >= 15 is 0 Å². The van der Waals surface area contributed by atoms with Gasteiger partial charge >= 0.3 is 6.09 Å². The predicted molar refractivity (Wildman–Crippen MR) is 119 cm³/mol. The number of amides is 2. The SMILES string of the molecule is CN(C(=O)C(Cc1cc(F)cc(F)c1)NC(=O)Oc1ccccc1)c1ccc(Cl)c(C#N)c1. The monoisotopic (exact) mass is 469 g/mol. The summed E-state index contributed by atoms with van der Waals surface area (Å²) in [5.74, 6) is -1.97. The highest BCUT2D eigenvalue weighted by Crippen LogP contribution is 2.23. The van der Waals surface area contributed by atoms with Gasteiger partial charge in [-0.1, -0.05) is 29.8 Å². The van der Waals surface area contributed by atoms with E-state index in [1.807, 2.05) is 6.07 Å². The van der Waals surface area contributed by atoms with E-state index in [9.17, 15) is 23.6 Å². The maximum atomic E-state index is 13.7. The minimum Gasteiger partial charge on any atom is -0.410 e. The number of likely N-dealkylation sites (N-methyl/N-ethyl adjacent to an activating group) is 1. The van der Waals surface area contributed by atoms with Crippen molar-refractivity contribution in [3.8, 4) is 11.8 Å². The Labute approximate surface area is 194 Å². The van der Waals surface area contributed by atoms with Crippen LogP contribution in [0.3, 0.4) is 0 Å². The van der Waals surface area contributed by atoms with Gasteiger partial charge in [-0.05, 0) is 48.0 Å². The van der Waals surface area contributed by atoms with Crippen LogP contribution in [0.4, 0.5) is 19.3 Å². The first-order valence-electron chi connectivity index (χ1n) is 9.72. The first-order valence-corrected chi connectivity index (χ1v) is 10.1. The minimum atomic E-state index is -1.23. The van der Waals surface area contributed by atoms with Gasteiger partial charge in [0.2, 0.25) is 5.91 Å². The van der Waals surface area contributed by atoms with Crippen LogP contribution in [-0.2, 0) is 11.2 Å². The largest absolute Gasteiger partial charge is 0.413 e. The molecule has 1 atom stereocenters. The molecule has 168 valence electrons. The Bertz CT molecular complexity index is 1200. The first kappa shape index (κ1) is 23.7. The zero-order valence-electron chi connectivity index (χ0n) is 17.4. The Morgan fingerprint density at radius 1 is 1.09 bits per heavy atom. The van der Waals surface area contributed by atoms with E-state index < -0.39 is 29.7 Å². The molecule has 0 spiro atoms. The molecular weight excluding hydrogens is 452 g/mol. The van der Waals surface area contributed by atoms with Crippen molar-refractivity contribution in [2.24, 2.45) is 0 Å². The van der Waals surface area contributed by atoms with Crippen molar-refractivity contribution in [1.29, 1.82) is 5.26 Å². The average Bonchev–Trinajstić information content (AvgIpc) is 2.78. The second-order valence-electron chi connectivity index (χ2n) is 7.05. The predicted octanol–water partition coefficient (Wildman–Crippen LogP) is 4.85. The van der Waals surface area contributed by atoms with Crippen LogP contribution in [0.1, 0.15) is 11.1 Å². The molecule has 0 radical (unpaired) electrons. The normalized spacial score (nSPS) is 11.2. The molecule has 2 amide bonds. The fraction of sp³-hybridized carbons (Fsp3) is 0.125. The van der Waals surface area contributed by atoms with Crippen LogP contribution in [0, 0.1) is 23.0 Å². The van der Waals surface area contributed by atoms with Gasteiger partial charge in [0.1, 0.15) is 29.5 Å². The standard InChI is InChI=1S/C24H18ClF2N3O3/c1-30(19-7-8-21(25)16(12-19)14-28)23(31)22(11-15-9-17(26)13-18(27)10-15)29-24(32)33-20-5-3-2-4-6-20/h2-10,12-13,22H,11H2,1H3,(H,29,32). The van der Waals surface area contributed by atoms with E-state index in [0.29, 0.717) is 11.8 Å². The second-order valence-corrected chi connectivity index (χ2v) is 7.46. The summed E-state index contributed by atoms with van der Waals surface area (Å²) in [6, 6.07) is 16.2. The van der Waals surface area contributed by atoms with Gasteiger partial charge in [0, 0.05) is 25.2 Å². The van der Waals surface area contributed by atoms with Gasteiger partial charge in [-0.2, -0.15) is 5.26 Å². The number of nitriles is 1.